The molecule has 25 heavy (non-hydrogen) atoms. The van der Waals surface area contributed by atoms with Crippen LogP contribution in [0.5, 0.6) is 5.75 Å². The molecule has 2 aromatic carbocycles. The Balaban J connectivity index is 1.88. The Morgan fingerprint density at radius 2 is 1.84 bits per heavy atom. The van der Waals surface area contributed by atoms with Gasteiger partial charge < -0.3 is 9.47 Å². The van der Waals surface area contributed by atoms with Crippen LogP contribution >= 0.6 is 0 Å². The molecule has 1 unspecified atom stereocenters. The number of benzene rings is 2. The Hall–Kier alpha value is -1.80. The molecule has 2 heteroatoms. The lowest BCUT2D eigenvalue weighted by molar-refractivity contribution is -0.0572. The number of hydrogen-bond donors (Lipinski definition) is 0. The zero-order valence-corrected chi connectivity index (χ0v) is 16.0. The molecule has 0 N–H and O–H groups in total. The molecule has 0 bridgehead atoms. The van der Waals surface area contributed by atoms with Crippen molar-refractivity contribution in [1.29, 1.82) is 0 Å². The average molecular weight is 338 g/mol. The van der Waals surface area contributed by atoms with Gasteiger partial charge in [-0.2, -0.15) is 0 Å². The summed E-state index contributed by atoms with van der Waals surface area (Å²) in [6.07, 6.45) is 3.24. The molecular formula is C23H30O2. The molecule has 0 spiro atoms. The second kappa shape index (κ2) is 7.61. The van der Waals surface area contributed by atoms with Crippen molar-refractivity contribution in [3.8, 4) is 5.75 Å². The summed E-state index contributed by atoms with van der Waals surface area (Å²) in [7, 11) is 0. The monoisotopic (exact) mass is 338 g/mol. The molecule has 0 aliphatic heterocycles. The molecule has 1 aliphatic rings. The third kappa shape index (κ3) is 3.74. The minimum Gasteiger partial charge on any atom is -0.488 e. The van der Waals surface area contributed by atoms with Gasteiger partial charge >= 0.3 is 0 Å². The van der Waals surface area contributed by atoms with Crippen LogP contribution in [0.25, 0.3) is 0 Å². The zero-order chi connectivity index (χ0) is 17.9. The summed E-state index contributed by atoms with van der Waals surface area (Å²) in [5, 5.41) is 0. The molecule has 1 aliphatic carbocycles. The van der Waals surface area contributed by atoms with Gasteiger partial charge in [-0.3, -0.25) is 0 Å². The summed E-state index contributed by atoms with van der Waals surface area (Å²) in [6.45, 7) is 10.3. The van der Waals surface area contributed by atoms with E-state index in [-0.39, 0.29) is 5.60 Å². The van der Waals surface area contributed by atoms with E-state index in [4.69, 9.17) is 9.47 Å². The summed E-state index contributed by atoms with van der Waals surface area (Å²) in [5.41, 5.74) is 4.90. The SMILES string of the molecule is CCCCOC1(C)Cc2ccc(C(C)C)c(OCc3ccccc3)c21. The first kappa shape index (κ1) is 18.0. The van der Waals surface area contributed by atoms with Gasteiger partial charge in [-0.25, -0.2) is 0 Å². The van der Waals surface area contributed by atoms with Gasteiger partial charge in [-0.05, 0) is 36.0 Å². The molecular weight excluding hydrogens is 308 g/mol. The minimum atomic E-state index is -0.207. The number of unbranched alkanes of at least 4 members (excludes halogenated alkanes) is 1. The molecule has 1 atom stereocenters. The molecule has 0 heterocycles. The van der Waals surface area contributed by atoms with E-state index < -0.39 is 0 Å². The van der Waals surface area contributed by atoms with Crippen LogP contribution in [0.3, 0.4) is 0 Å². The highest BCUT2D eigenvalue weighted by Gasteiger charge is 2.43. The van der Waals surface area contributed by atoms with E-state index in [0.29, 0.717) is 12.5 Å². The third-order valence-electron chi connectivity index (χ3n) is 5.10. The van der Waals surface area contributed by atoms with E-state index in [1.807, 2.05) is 6.07 Å². The van der Waals surface area contributed by atoms with Crippen LogP contribution in [0.2, 0.25) is 0 Å². The van der Waals surface area contributed by atoms with Crippen molar-refractivity contribution < 1.29 is 9.47 Å². The molecule has 0 fully saturated rings. The number of hydrogen-bond acceptors (Lipinski definition) is 2. The van der Waals surface area contributed by atoms with Crippen molar-refractivity contribution in [2.45, 2.75) is 65.1 Å². The maximum Gasteiger partial charge on any atom is 0.129 e. The fourth-order valence-electron chi connectivity index (χ4n) is 3.62. The van der Waals surface area contributed by atoms with Gasteiger partial charge in [-0.1, -0.05) is 69.7 Å². The Morgan fingerprint density at radius 1 is 1.08 bits per heavy atom. The van der Waals surface area contributed by atoms with Gasteiger partial charge in [0.1, 0.15) is 12.4 Å². The fourth-order valence-corrected chi connectivity index (χ4v) is 3.62. The Bertz CT molecular complexity index is 706. The molecule has 0 saturated carbocycles. The molecule has 0 radical (unpaired) electrons. The van der Waals surface area contributed by atoms with E-state index in [0.717, 1.165) is 31.6 Å². The van der Waals surface area contributed by atoms with E-state index >= 15 is 0 Å². The number of ether oxygens (including phenoxy) is 2. The van der Waals surface area contributed by atoms with E-state index in [1.165, 1.54) is 22.3 Å². The number of fused-ring (bicyclic) bond motifs is 1. The van der Waals surface area contributed by atoms with Crippen LogP contribution in [-0.4, -0.2) is 6.61 Å². The van der Waals surface area contributed by atoms with Crippen LogP contribution in [0.4, 0.5) is 0 Å². The summed E-state index contributed by atoms with van der Waals surface area (Å²) in [5.74, 6) is 1.47. The third-order valence-corrected chi connectivity index (χ3v) is 5.10. The Labute approximate surface area is 152 Å². The van der Waals surface area contributed by atoms with Gasteiger partial charge in [0.2, 0.25) is 0 Å². The summed E-state index contributed by atoms with van der Waals surface area (Å²) in [6, 6.07) is 14.9. The first-order chi connectivity index (χ1) is 12.0. The fraction of sp³-hybridized carbons (Fsp3) is 0.478. The lowest BCUT2D eigenvalue weighted by atomic mass is 9.72. The highest BCUT2D eigenvalue weighted by Crippen LogP contribution is 2.50. The van der Waals surface area contributed by atoms with Crippen LogP contribution in [0.1, 0.15) is 68.7 Å². The van der Waals surface area contributed by atoms with Crippen LogP contribution in [0.15, 0.2) is 42.5 Å². The molecule has 134 valence electrons. The summed E-state index contributed by atoms with van der Waals surface area (Å²) >= 11 is 0. The normalized spacial score (nSPS) is 18.8. The van der Waals surface area contributed by atoms with Gasteiger partial charge in [0, 0.05) is 18.6 Å². The van der Waals surface area contributed by atoms with Gasteiger partial charge in [0.25, 0.3) is 0 Å². The lowest BCUT2D eigenvalue weighted by Gasteiger charge is -2.43. The van der Waals surface area contributed by atoms with E-state index in [1.54, 1.807) is 0 Å². The standard InChI is InChI=1S/C23H30O2/c1-5-6-14-25-23(4)15-19-12-13-20(17(2)3)22(21(19)23)24-16-18-10-8-7-9-11-18/h7-13,17H,5-6,14-16H2,1-4H3. The van der Waals surface area contributed by atoms with Gasteiger partial charge in [0.15, 0.2) is 0 Å². The maximum atomic E-state index is 6.37. The topological polar surface area (TPSA) is 18.5 Å². The maximum absolute atomic E-state index is 6.37. The second-order valence-electron chi connectivity index (χ2n) is 7.56. The average Bonchev–Trinajstić information content (AvgIpc) is 2.59. The number of rotatable bonds is 8. The molecule has 2 nitrogen and oxygen atoms in total. The van der Waals surface area contributed by atoms with Crippen LogP contribution in [-0.2, 0) is 23.4 Å². The first-order valence-corrected chi connectivity index (χ1v) is 9.52. The second-order valence-corrected chi connectivity index (χ2v) is 7.56. The van der Waals surface area contributed by atoms with Crippen molar-refractivity contribution in [2.24, 2.45) is 0 Å². The van der Waals surface area contributed by atoms with Gasteiger partial charge in [0.05, 0.1) is 5.60 Å². The summed E-state index contributed by atoms with van der Waals surface area (Å²) in [4.78, 5) is 0. The van der Waals surface area contributed by atoms with Crippen molar-refractivity contribution >= 4 is 0 Å². The van der Waals surface area contributed by atoms with E-state index in [2.05, 4.69) is 64.1 Å². The smallest absolute Gasteiger partial charge is 0.129 e. The lowest BCUT2D eigenvalue weighted by Crippen LogP contribution is -2.39. The summed E-state index contributed by atoms with van der Waals surface area (Å²) < 4.78 is 12.6. The van der Waals surface area contributed by atoms with Crippen molar-refractivity contribution in [3.63, 3.8) is 0 Å². The molecule has 3 rings (SSSR count). The molecule has 2 aromatic rings. The molecule has 0 saturated heterocycles. The van der Waals surface area contributed by atoms with E-state index in [9.17, 15) is 0 Å². The Morgan fingerprint density at radius 3 is 2.52 bits per heavy atom. The van der Waals surface area contributed by atoms with Crippen molar-refractivity contribution in [1.82, 2.24) is 0 Å². The largest absolute Gasteiger partial charge is 0.488 e. The van der Waals surface area contributed by atoms with Crippen molar-refractivity contribution in [3.05, 3.63) is 64.7 Å². The predicted octanol–water partition coefficient (Wildman–Crippen LogP) is 5.98. The van der Waals surface area contributed by atoms with Crippen LogP contribution < -0.4 is 4.74 Å². The molecule has 0 aromatic heterocycles. The van der Waals surface area contributed by atoms with Gasteiger partial charge in [-0.15, -0.1) is 0 Å². The quantitative estimate of drug-likeness (QED) is 0.551. The highest BCUT2D eigenvalue weighted by molar-refractivity contribution is 5.56. The van der Waals surface area contributed by atoms with Crippen molar-refractivity contribution in [2.75, 3.05) is 6.61 Å². The van der Waals surface area contributed by atoms with Crippen LogP contribution in [0, 0.1) is 0 Å². The molecule has 0 amide bonds. The predicted molar refractivity (Wildman–Crippen MR) is 103 cm³/mol. The first-order valence-electron chi connectivity index (χ1n) is 9.52. The Kier molecular flexibility index (Phi) is 5.48. The zero-order valence-electron chi connectivity index (χ0n) is 16.0. The minimum absolute atomic E-state index is 0.207. The highest BCUT2D eigenvalue weighted by atomic mass is 16.5.